The fourth-order valence-electron chi connectivity index (χ4n) is 3.60. The van der Waals surface area contributed by atoms with Crippen molar-refractivity contribution in [2.75, 3.05) is 6.54 Å². The highest BCUT2D eigenvalue weighted by Gasteiger charge is 2.31. The van der Waals surface area contributed by atoms with Gasteiger partial charge in [0.15, 0.2) is 4.96 Å². The SMILES string of the molecule is CCC1(CNCc2c(C)nc3scc(C)n23)CCCC1. The van der Waals surface area contributed by atoms with Gasteiger partial charge >= 0.3 is 0 Å². The Kier molecular flexibility index (Phi) is 3.87. The van der Waals surface area contributed by atoms with Gasteiger partial charge in [-0.15, -0.1) is 11.3 Å². The van der Waals surface area contributed by atoms with Gasteiger partial charge in [0.05, 0.1) is 11.4 Å². The molecule has 2 aromatic rings. The smallest absolute Gasteiger partial charge is 0.194 e. The van der Waals surface area contributed by atoms with Crippen LogP contribution in [-0.2, 0) is 6.54 Å². The molecular formula is C16H25N3S. The van der Waals surface area contributed by atoms with E-state index in [-0.39, 0.29) is 0 Å². The molecule has 0 atom stereocenters. The summed E-state index contributed by atoms with van der Waals surface area (Å²) in [5, 5.41) is 5.91. The summed E-state index contributed by atoms with van der Waals surface area (Å²) in [5.41, 5.74) is 4.36. The number of aryl methyl sites for hydroxylation is 2. The molecule has 1 N–H and O–H groups in total. The van der Waals surface area contributed by atoms with Crippen LogP contribution in [0.1, 0.15) is 56.1 Å². The minimum absolute atomic E-state index is 0.557. The van der Waals surface area contributed by atoms with Gasteiger partial charge in [0.25, 0.3) is 0 Å². The van der Waals surface area contributed by atoms with Crippen LogP contribution in [0.2, 0.25) is 0 Å². The van der Waals surface area contributed by atoms with Crippen molar-refractivity contribution in [2.45, 2.75) is 59.4 Å². The first-order valence-corrected chi connectivity index (χ1v) is 8.66. The largest absolute Gasteiger partial charge is 0.311 e. The van der Waals surface area contributed by atoms with Gasteiger partial charge in [-0.3, -0.25) is 4.40 Å². The Morgan fingerprint density at radius 2 is 2.10 bits per heavy atom. The lowest BCUT2D eigenvalue weighted by Gasteiger charge is -2.27. The van der Waals surface area contributed by atoms with Crippen molar-refractivity contribution in [3.8, 4) is 0 Å². The number of aromatic nitrogens is 2. The monoisotopic (exact) mass is 291 g/mol. The second-order valence-electron chi connectivity index (χ2n) is 6.30. The van der Waals surface area contributed by atoms with Crippen molar-refractivity contribution in [3.05, 3.63) is 22.5 Å². The van der Waals surface area contributed by atoms with E-state index >= 15 is 0 Å². The van der Waals surface area contributed by atoms with Crippen LogP contribution in [0.15, 0.2) is 5.38 Å². The Morgan fingerprint density at radius 3 is 2.80 bits per heavy atom. The fourth-order valence-corrected chi connectivity index (χ4v) is 4.53. The van der Waals surface area contributed by atoms with Crippen LogP contribution in [-0.4, -0.2) is 15.9 Å². The number of nitrogens with one attached hydrogen (secondary N) is 1. The zero-order chi connectivity index (χ0) is 14.2. The van der Waals surface area contributed by atoms with Gasteiger partial charge < -0.3 is 5.32 Å². The first kappa shape index (κ1) is 14.1. The van der Waals surface area contributed by atoms with Crippen molar-refractivity contribution >= 4 is 16.3 Å². The van der Waals surface area contributed by atoms with Crippen molar-refractivity contribution in [3.63, 3.8) is 0 Å². The first-order valence-electron chi connectivity index (χ1n) is 7.78. The van der Waals surface area contributed by atoms with E-state index in [1.807, 2.05) is 0 Å². The molecule has 0 saturated heterocycles. The molecule has 20 heavy (non-hydrogen) atoms. The highest BCUT2D eigenvalue weighted by Crippen LogP contribution is 2.40. The number of thiazole rings is 1. The van der Waals surface area contributed by atoms with Gasteiger partial charge in [0.1, 0.15) is 0 Å². The zero-order valence-electron chi connectivity index (χ0n) is 12.8. The normalized spacial score (nSPS) is 18.1. The Balaban J connectivity index is 1.71. The molecule has 0 radical (unpaired) electrons. The predicted molar refractivity (Wildman–Crippen MR) is 85.4 cm³/mol. The van der Waals surface area contributed by atoms with E-state index in [0.29, 0.717) is 5.41 Å². The molecule has 2 heterocycles. The third kappa shape index (κ3) is 2.40. The molecule has 1 saturated carbocycles. The maximum atomic E-state index is 4.66. The summed E-state index contributed by atoms with van der Waals surface area (Å²) in [6, 6.07) is 0. The van der Waals surface area contributed by atoms with E-state index in [1.165, 1.54) is 49.2 Å². The van der Waals surface area contributed by atoms with Gasteiger partial charge in [-0.25, -0.2) is 4.98 Å². The lowest BCUT2D eigenvalue weighted by Crippen LogP contribution is -2.31. The molecule has 4 heteroatoms. The molecule has 0 spiro atoms. The number of hydrogen-bond donors (Lipinski definition) is 1. The third-order valence-electron chi connectivity index (χ3n) is 5.04. The standard InChI is InChI=1S/C16H25N3S/c1-4-16(7-5-6-8-16)11-17-9-14-13(3)18-15-19(14)12(2)10-20-15/h10,17H,4-9,11H2,1-3H3. The molecule has 0 aliphatic heterocycles. The summed E-state index contributed by atoms with van der Waals surface area (Å²) < 4.78 is 2.31. The number of imidazole rings is 1. The van der Waals surface area contributed by atoms with Crippen LogP contribution in [0, 0.1) is 19.3 Å². The molecule has 0 aromatic carbocycles. The molecule has 110 valence electrons. The number of fused-ring (bicyclic) bond motifs is 1. The van der Waals surface area contributed by atoms with Crippen LogP contribution >= 0.6 is 11.3 Å². The second kappa shape index (κ2) is 5.49. The van der Waals surface area contributed by atoms with Crippen molar-refractivity contribution in [2.24, 2.45) is 5.41 Å². The quantitative estimate of drug-likeness (QED) is 0.899. The van der Waals surface area contributed by atoms with Crippen molar-refractivity contribution in [1.82, 2.24) is 14.7 Å². The van der Waals surface area contributed by atoms with Gasteiger partial charge in [-0.05, 0) is 38.5 Å². The van der Waals surface area contributed by atoms with Crippen LogP contribution < -0.4 is 5.32 Å². The predicted octanol–water partition coefficient (Wildman–Crippen LogP) is 4.07. The highest BCUT2D eigenvalue weighted by molar-refractivity contribution is 7.15. The molecular weight excluding hydrogens is 266 g/mol. The number of rotatable bonds is 5. The van der Waals surface area contributed by atoms with E-state index in [9.17, 15) is 0 Å². The number of nitrogens with zero attached hydrogens (tertiary/aromatic N) is 2. The van der Waals surface area contributed by atoms with E-state index in [1.54, 1.807) is 11.3 Å². The average molecular weight is 291 g/mol. The summed E-state index contributed by atoms with van der Waals surface area (Å²) >= 11 is 1.74. The molecule has 0 amide bonds. The fraction of sp³-hybridized carbons (Fsp3) is 0.688. The van der Waals surface area contributed by atoms with Crippen LogP contribution in [0.3, 0.4) is 0 Å². The third-order valence-corrected chi connectivity index (χ3v) is 5.98. The van der Waals surface area contributed by atoms with Crippen LogP contribution in [0.5, 0.6) is 0 Å². The Hall–Kier alpha value is -0.870. The van der Waals surface area contributed by atoms with Crippen LogP contribution in [0.4, 0.5) is 0 Å². The van der Waals surface area contributed by atoms with Gasteiger partial charge in [-0.2, -0.15) is 0 Å². The molecule has 3 rings (SSSR count). The van der Waals surface area contributed by atoms with Gasteiger partial charge in [0.2, 0.25) is 0 Å². The molecule has 3 nitrogen and oxygen atoms in total. The maximum Gasteiger partial charge on any atom is 0.194 e. The van der Waals surface area contributed by atoms with Gasteiger partial charge in [-0.1, -0.05) is 19.8 Å². The molecule has 2 aromatic heterocycles. The summed E-state index contributed by atoms with van der Waals surface area (Å²) in [5.74, 6) is 0. The second-order valence-corrected chi connectivity index (χ2v) is 7.14. The maximum absolute atomic E-state index is 4.66. The van der Waals surface area contributed by atoms with Crippen LogP contribution in [0.25, 0.3) is 4.96 Å². The van der Waals surface area contributed by atoms with Crippen molar-refractivity contribution < 1.29 is 0 Å². The topological polar surface area (TPSA) is 29.3 Å². The minimum Gasteiger partial charge on any atom is -0.311 e. The Morgan fingerprint density at radius 1 is 1.35 bits per heavy atom. The lowest BCUT2D eigenvalue weighted by molar-refractivity contribution is 0.267. The van der Waals surface area contributed by atoms with Gasteiger partial charge in [0, 0.05) is 24.2 Å². The summed E-state index contributed by atoms with van der Waals surface area (Å²) in [7, 11) is 0. The lowest BCUT2D eigenvalue weighted by atomic mass is 9.83. The summed E-state index contributed by atoms with van der Waals surface area (Å²) in [6.07, 6.45) is 6.92. The molecule has 1 aliphatic carbocycles. The summed E-state index contributed by atoms with van der Waals surface area (Å²) in [4.78, 5) is 5.79. The van der Waals surface area contributed by atoms with E-state index in [2.05, 4.69) is 40.9 Å². The molecule has 0 unspecified atom stereocenters. The first-order chi connectivity index (χ1) is 9.65. The van der Waals surface area contributed by atoms with E-state index in [0.717, 1.165) is 18.1 Å². The summed E-state index contributed by atoms with van der Waals surface area (Å²) in [6.45, 7) is 8.73. The van der Waals surface area contributed by atoms with E-state index in [4.69, 9.17) is 0 Å². The average Bonchev–Trinajstić information content (AvgIpc) is 3.11. The highest BCUT2D eigenvalue weighted by atomic mass is 32.1. The number of hydrogen-bond acceptors (Lipinski definition) is 3. The van der Waals surface area contributed by atoms with Crippen molar-refractivity contribution in [1.29, 1.82) is 0 Å². The minimum atomic E-state index is 0.557. The Bertz CT molecular complexity index is 590. The molecule has 1 aliphatic rings. The molecule has 0 bridgehead atoms. The molecule has 1 fully saturated rings. The Labute approximate surface area is 125 Å². The van der Waals surface area contributed by atoms with E-state index < -0.39 is 0 Å². The zero-order valence-corrected chi connectivity index (χ0v) is 13.6.